The van der Waals surface area contributed by atoms with E-state index in [0.717, 1.165) is 31.2 Å². The minimum absolute atomic E-state index is 0.00282. The van der Waals surface area contributed by atoms with Crippen molar-refractivity contribution in [2.24, 2.45) is 11.8 Å². The van der Waals surface area contributed by atoms with E-state index in [9.17, 15) is 5.11 Å². The van der Waals surface area contributed by atoms with Crippen LogP contribution in [0.1, 0.15) is 39.5 Å². The highest BCUT2D eigenvalue weighted by atomic mass is 16.3. The van der Waals surface area contributed by atoms with Gasteiger partial charge in [-0.05, 0) is 51.1 Å². The van der Waals surface area contributed by atoms with E-state index in [-0.39, 0.29) is 12.1 Å². The van der Waals surface area contributed by atoms with Crippen LogP contribution in [-0.2, 0) is 0 Å². The molecule has 3 heteroatoms. The predicted molar refractivity (Wildman–Crippen MR) is 71.0 cm³/mol. The molecule has 0 spiro atoms. The molecule has 0 aliphatic heterocycles. The Labute approximate surface area is 106 Å². The maximum atomic E-state index is 9.60. The second kappa shape index (κ2) is 5.25. The summed E-state index contributed by atoms with van der Waals surface area (Å²) in [6, 6.07) is 0.661. The maximum absolute atomic E-state index is 9.60. The number of nitrogens with zero attached hydrogens (tertiary/aromatic N) is 1. The van der Waals surface area contributed by atoms with Crippen LogP contribution in [0.25, 0.3) is 0 Å². The van der Waals surface area contributed by atoms with Gasteiger partial charge in [0.2, 0.25) is 0 Å². The lowest BCUT2D eigenvalue weighted by atomic mass is 9.98. The van der Waals surface area contributed by atoms with Crippen LogP contribution in [0.4, 0.5) is 0 Å². The molecule has 2 N–H and O–H groups in total. The van der Waals surface area contributed by atoms with Crippen LogP contribution < -0.4 is 5.32 Å². The Balaban J connectivity index is 1.83. The van der Waals surface area contributed by atoms with Gasteiger partial charge in [0.15, 0.2) is 0 Å². The van der Waals surface area contributed by atoms with Gasteiger partial charge in [0.1, 0.15) is 0 Å². The highest BCUT2D eigenvalue weighted by Gasteiger charge is 2.41. The van der Waals surface area contributed by atoms with E-state index in [4.69, 9.17) is 0 Å². The third-order valence-corrected chi connectivity index (χ3v) is 4.86. The number of likely N-dealkylation sites (N-methyl/N-ethyl adjacent to an activating group) is 1. The summed E-state index contributed by atoms with van der Waals surface area (Å²) in [5, 5.41) is 13.1. The molecular formula is C14H28N2O. The van der Waals surface area contributed by atoms with Crippen LogP contribution in [0.5, 0.6) is 0 Å². The summed E-state index contributed by atoms with van der Waals surface area (Å²) >= 11 is 0. The quantitative estimate of drug-likeness (QED) is 0.738. The lowest BCUT2D eigenvalue weighted by Crippen LogP contribution is -2.47. The Morgan fingerprint density at radius 2 is 2.18 bits per heavy atom. The minimum Gasteiger partial charge on any atom is -0.394 e. The lowest BCUT2D eigenvalue weighted by Gasteiger charge is -2.30. The Morgan fingerprint density at radius 3 is 2.71 bits per heavy atom. The topological polar surface area (TPSA) is 35.5 Å². The minimum atomic E-state index is 0.00282. The van der Waals surface area contributed by atoms with Crippen LogP contribution in [0.3, 0.4) is 0 Å². The highest BCUT2D eigenvalue weighted by Crippen LogP contribution is 2.40. The van der Waals surface area contributed by atoms with Gasteiger partial charge < -0.3 is 15.3 Å². The van der Waals surface area contributed by atoms with E-state index in [1.165, 1.54) is 19.4 Å². The molecule has 2 aliphatic carbocycles. The van der Waals surface area contributed by atoms with Crippen molar-refractivity contribution in [3.63, 3.8) is 0 Å². The molecule has 0 aromatic carbocycles. The van der Waals surface area contributed by atoms with Crippen LogP contribution in [0.15, 0.2) is 0 Å². The van der Waals surface area contributed by atoms with Crippen LogP contribution >= 0.6 is 0 Å². The summed E-state index contributed by atoms with van der Waals surface area (Å²) in [7, 11) is 2.26. The third-order valence-electron chi connectivity index (χ3n) is 4.86. The average molecular weight is 240 g/mol. The number of hydrogen-bond acceptors (Lipinski definition) is 3. The molecule has 0 amide bonds. The SMILES string of the molecule is CCNC1(CO)CCC(N(C)CC2CC2C)C1. The lowest BCUT2D eigenvalue weighted by molar-refractivity contribution is 0.150. The first-order chi connectivity index (χ1) is 8.10. The van der Waals surface area contributed by atoms with Crippen LogP contribution in [0, 0.1) is 11.8 Å². The fraction of sp³-hybridized carbons (Fsp3) is 1.00. The monoisotopic (exact) mass is 240 g/mol. The van der Waals surface area contributed by atoms with E-state index < -0.39 is 0 Å². The first-order valence-corrected chi connectivity index (χ1v) is 7.16. The Kier molecular flexibility index (Phi) is 4.11. The number of aliphatic hydroxyl groups excluding tert-OH is 1. The second-order valence-electron chi connectivity index (χ2n) is 6.28. The second-order valence-corrected chi connectivity index (χ2v) is 6.28. The van der Waals surface area contributed by atoms with Crippen molar-refractivity contribution in [2.75, 3.05) is 26.7 Å². The molecule has 17 heavy (non-hydrogen) atoms. The summed E-state index contributed by atoms with van der Waals surface area (Å²) in [6.45, 7) is 6.96. The normalized spacial score (nSPS) is 41.1. The fourth-order valence-corrected chi connectivity index (χ4v) is 3.38. The largest absolute Gasteiger partial charge is 0.394 e. The first kappa shape index (κ1) is 13.3. The molecule has 2 fully saturated rings. The summed E-state index contributed by atoms with van der Waals surface area (Å²) in [5.74, 6) is 1.87. The summed E-state index contributed by atoms with van der Waals surface area (Å²) in [5.41, 5.74) is 0.00282. The molecule has 100 valence electrons. The van der Waals surface area contributed by atoms with Crippen molar-refractivity contribution in [1.82, 2.24) is 10.2 Å². The van der Waals surface area contributed by atoms with Crippen LogP contribution in [0.2, 0.25) is 0 Å². The van der Waals surface area contributed by atoms with Crippen molar-refractivity contribution in [2.45, 2.75) is 51.1 Å². The van der Waals surface area contributed by atoms with Gasteiger partial charge in [-0.2, -0.15) is 0 Å². The van der Waals surface area contributed by atoms with Crippen molar-refractivity contribution >= 4 is 0 Å². The molecule has 0 saturated heterocycles. The van der Waals surface area contributed by atoms with Gasteiger partial charge in [0.05, 0.1) is 6.61 Å². The van der Waals surface area contributed by atoms with Gasteiger partial charge in [0, 0.05) is 18.1 Å². The van der Waals surface area contributed by atoms with E-state index >= 15 is 0 Å². The van der Waals surface area contributed by atoms with Gasteiger partial charge >= 0.3 is 0 Å². The summed E-state index contributed by atoms with van der Waals surface area (Å²) < 4.78 is 0. The smallest absolute Gasteiger partial charge is 0.0613 e. The van der Waals surface area contributed by atoms with Gasteiger partial charge in [-0.15, -0.1) is 0 Å². The van der Waals surface area contributed by atoms with Crippen molar-refractivity contribution in [3.8, 4) is 0 Å². The molecule has 0 radical (unpaired) electrons. The number of hydrogen-bond donors (Lipinski definition) is 2. The van der Waals surface area contributed by atoms with E-state index in [2.05, 4.69) is 31.1 Å². The molecule has 3 nitrogen and oxygen atoms in total. The van der Waals surface area contributed by atoms with Crippen molar-refractivity contribution in [3.05, 3.63) is 0 Å². The van der Waals surface area contributed by atoms with Gasteiger partial charge in [-0.25, -0.2) is 0 Å². The Bertz CT molecular complexity index is 259. The molecule has 2 rings (SSSR count). The summed E-state index contributed by atoms with van der Waals surface area (Å²) in [6.07, 6.45) is 4.86. The van der Waals surface area contributed by atoms with Crippen molar-refractivity contribution in [1.29, 1.82) is 0 Å². The molecule has 2 saturated carbocycles. The molecule has 4 atom stereocenters. The zero-order valence-electron chi connectivity index (χ0n) is 11.6. The van der Waals surface area contributed by atoms with E-state index in [1.54, 1.807) is 0 Å². The number of rotatable bonds is 6. The molecular weight excluding hydrogens is 212 g/mol. The maximum Gasteiger partial charge on any atom is 0.0613 e. The first-order valence-electron chi connectivity index (χ1n) is 7.16. The van der Waals surface area contributed by atoms with Gasteiger partial charge in [-0.3, -0.25) is 0 Å². The Hall–Kier alpha value is -0.120. The van der Waals surface area contributed by atoms with E-state index in [0.29, 0.717) is 6.04 Å². The zero-order chi connectivity index (χ0) is 12.5. The predicted octanol–water partition coefficient (Wildman–Crippen LogP) is 1.47. The number of nitrogens with one attached hydrogen (secondary N) is 1. The molecule has 4 unspecified atom stereocenters. The van der Waals surface area contributed by atoms with Crippen LogP contribution in [-0.4, -0.2) is 48.3 Å². The third kappa shape index (κ3) is 3.01. The standard InChI is InChI=1S/C14H28N2O/c1-4-15-14(10-17)6-5-13(8-14)16(3)9-12-7-11(12)2/h11-13,15,17H,4-10H2,1-3H3. The molecule has 0 aromatic rings. The highest BCUT2D eigenvalue weighted by molar-refractivity contribution is 4.99. The zero-order valence-corrected chi connectivity index (χ0v) is 11.6. The van der Waals surface area contributed by atoms with Gasteiger partial charge in [-0.1, -0.05) is 13.8 Å². The molecule has 0 aromatic heterocycles. The number of aliphatic hydroxyl groups is 1. The average Bonchev–Trinajstić information content (AvgIpc) is 2.83. The fourth-order valence-electron chi connectivity index (χ4n) is 3.38. The van der Waals surface area contributed by atoms with Crippen molar-refractivity contribution < 1.29 is 5.11 Å². The van der Waals surface area contributed by atoms with Gasteiger partial charge in [0.25, 0.3) is 0 Å². The van der Waals surface area contributed by atoms with E-state index in [1.807, 2.05) is 0 Å². The summed E-state index contributed by atoms with van der Waals surface area (Å²) in [4.78, 5) is 2.53. The molecule has 2 aliphatic rings. The Morgan fingerprint density at radius 1 is 1.47 bits per heavy atom. The molecule has 0 bridgehead atoms. The molecule has 0 heterocycles.